The molecule has 0 saturated carbocycles. The van der Waals surface area contributed by atoms with Crippen molar-refractivity contribution in [3.05, 3.63) is 53.3 Å². The molecule has 4 heteroatoms. The van der Waals surface area contributed by atoms with E-state index in [1.165, 1.54) is 83.5 Å². The Morgan fingerprint density at radius 1 is 0.889 bits per heavy atom. The summed E-state index contributed by atoms with van der Waals surface area (Å²) in [7, 11) is 0. The summed E-state index contributed by atoms with van der Waals surface area (Å²) >= 11 is 6.08. The zero-order chi connectivity index (χ0) is 26.1. The van der Waals surface area contributed by atoms with Crippen molar-refractivity contribution < 1.29 is 5.11 Å². The zero-order valence-corrected chi connectivity index (χ0v) is 24.0. The van der Waals surface area contributed by atoms with E-state index in [1.807, 2.05) is 12.1 Å². The molecule has 2 rings (SSSR count). The molecule has 3 nitrogen and oxygen atoms in total. The van der Waals surface area contributed by atoms with Crippen LogP contribution in [0.25, 0.3) is 5.57 Å². The van der Waals surface area contributed by atoms with E-state index in [-0.39, 0.29) is 0 Å². The van der Waals surface area contributed by atoms with Gasteiger partial charge in [-0.1, -0.05) is 108 Å². The molecule has 2 N–H and O–H groups in total. The minimum atomic E-state index is 0.487. The Morgan fingerprint density at radius 2 is 1.50 bits per heavy atom. The van der Waals surface area contributed by atoms with E-state index in [0.29, 0.717) is 11.6 Å². The molecule has 0 saturated heterocycles. The van der Waals surface area contributed by atoms with Gasteiger partial charge < -0.3 is 10.4 Å². The average Bonchev–Trinajstić information content (AvgIpc) is 3.50. The summed E-state index contributed by atoms with van der Waals surface area (Å²) in [5, 5.41) is 13.6. The van der Waals surface area contributed by atoms with Crippen LogP contribution in [0.2, 0.25) is 0 Å². The molecule has 204 valence electrons. The van der Waals surface area contributed by atoms with Crippen molar-refractivity contribution in [1.29, 1.82) is 0 Å². The van der Waals surface area contributed by atoms with Gasteiger partial charge >= 0.3 is 0 Å². The van der Waals surface area contributed by atoms with Crippen LogP contribution in [0.4, 0.5) is 0 Å². The van der Waals surface area contributed by atoms with Crippen LogP contribution in [-0.4, -0.2) is 24.5 Å². The number of allylic oxidation sites excluding steroid dienone is 4. The molecule has 0 unspecified atom stereocenters. The predicted octanol–water partition coefficient (Wildman–Crippen LogP) is 10.1. The molecule has 0 aromatic heterocycles. The van der Waals surface area contributed by atoms with Crippen molar-refractivity contribution in [2.24, 2.45) is 4.99 Å². The molecule has 1 heterocycles. The maximum Gasteiger partial charge on any atom is 0.0960 e. The second kappa shape index (κ2) is 23.6. The maximum absolute atomic E-state index is 10.6. The van der Waals surface area contributed by atoms with Crippen LogP contribution in [0.15, 0.2) is 47.2 Å². The van der Waals surface area contributed by atoms with E-state index in [2.05, 4.69) is 48.4 Å². The third kappa shape index (κ3) is 16.1. The molecule has 0 radical (unpaired) electrons. The first-order valence-electron chi connectivity index (χ1n) is 14.7. The molecule has 1 aromatic carbocycles. The number of hydrogen-bond acceptors (Lipinski definition) is 3. The summed E-state index contributed by atoms with van der Waals surface area (Å²) < 4.78 is 0. The van der Waals surface area contributed by atoms with Crippen LogP contribution in [0.3, 0.4) is 0 Å². The Labute approximate surface area is 227 Å². The third-order valence-corrected chi connectivity index (χ3v) is 6.97. The van der Waals surface area contributed by atoms with Crippen LogP contribution in [0.5, 0.6) is 0 Å². The topological polar surface area (TPSA) is 44.6 Å². The highest BCUT2D eigenvalue weighted by Gasteiger charge is 2.10. The fourth-order valence-electron chi connectivity index (χ4n) is 4.49. The van der Waals surface area contributed by atoms with Gasteiger partial charge in [0.1, 0.15) is 0 Å². The molecular weight excluding hydrogens is 464 g/mol. The van der Waals surface area contributed by atoms with Gasteiger partial charge in [0, 0.05) is 18.8 Å². The molecule has 1 aromatic rings. The fraction of sp³-hybridized carbons (Fsp3) is 0.656. The molecule has 0 aliphatic carbocycles. The number of hydrogen-bond donors (Lipinski definition) is 2. The monoisotopic (exact) mass is 516 g/mol. The van der Waals surface area contributed by atoms with E-state index < -0.39 is 0 Å². The number of aliphatic imine (C=N–C) groups is 1. The number of aliphatic hydroxyl groups is 1. The third-order valence-electron chi connectivity index (χ3n) is 6.68. The number of halogens is 1. The first-order chi connectivity index (χ1) is 17.7. The Kier molecular flexibility index (Phi) is 21.2. The molecule has 0 atom stereocenters. The first-order valence-corrected chi connectivity index (χ1v) is 15.2. The SMILES string of the molecule is C1=NCCN1.CCCCCCCC/C=C\CCCCCCCC/C(O)=C(\CC)c1ccccc1CCl. The molecule has 36 heavy (non-hydrogen) atoms. The van der Waals surface area contributed by atoms with Gasteiger partial charge in [-0.05, 0) is 55.2 Å². The Morgan fingerprint density at radius 3 is 2.03 bits per heavy atom. The number of nitrogens with zero attached hydrogens (tertiary/aromatic N) is 1. The lowest BCUT2D eigenvalue weighted by atomic mass is 9.95. The highest BCUT2D eigenvalue weighted by atomic mass is 35.5. The summed E-state index contributed by atoms with van der Waals surface area (Å²) in [5.74, 6) is 1.04. The van der Waals surface area contributed by atoms with Gasteiger partial charge in [-0.15, -0.1) is 11.6 Å². The Hall–Kier alpha value is -1.74. The molecule has 0 amide bonds. The van der Waals surface area contributed by atoms with Crippen molar-refractivity contribution in [1.82, 2.24) is 5.32 Å². The van der Waals surface area contributed by atoms with Gasteiger partial charge in [0.05, 0.1) is 18.6 Å². The van der Waals surface area contributed by atoms with Gasteiger partial charge in [0.15, 0.2) is 0 Å². The second-order valence-corrected chi connectivity index (χ2v) is 10.0. The normalized spacial score (nSPS) is 13.4. The van der Waals surface area contributed by atoms with Gasteiger partial charge in [-0.3, -0.25) is 4.99 Å². The number of benzene rings is 1. The molecule has 0 spiro atoms. The minimum Gasteiger partial charge on any atom is -0.512 e. The van der Waals surface area contributed by atoms with Gasteiger partial charge in [0.25, 0.3) is 0 Å². The number of unbranched alkanes of at least 4 members (excludes halogenated alkanes) is 12. The predicted molar refractivity (Wildman–Crippen MR) is 161 cm³/mol. The number of nitrogens with one attached hydrogen (secondary N) is 1. The lowest BCUT2D eigenvalue weighted by molar-refractivity contribution is 0.381. The average molecular weight is 517 g/mol. The van der Waals surface area contributed by atoms with Gasteiger partial charge in [-0.25, -0.2) is 0 Å². The summed E-state index contributed by atoms with van der Waals surface area (Å²) in [6.45, 7) is 6.37. The van der Waals surface area contributed by atoms with Crippen molar-refractivity contribution in [3.8, 4) is 0 Å². The zero-order valence-electron chi connectivity index (χ0n) is 23.2. The smallest absolute Gasteiger partial charge is 0.0960 e. The Bertz CT molecular complexity index is 735. The van der Waals surface area contributed by atoms with E-state index in [1.54, 1.807) is 6.34 Å². The standard InChI is InChI=1S/C29H47ClO.C3H6N2/c1-3-5-6-7-8-9-10-11-12-13-14-15-16-17-18-19-24-29(31)27(4-2)28-23-21-20-22-26(28)25-30;1-2-5-3-4-1/h11-12,20-23,31H,3-10,13-19,24-25H2,1-2H3;3H,1-2H2,(H,4,5)/b12-11-,29-27-;. The highest BCUT2D eigenvalue weighted by molar-refractivity contribution is 6.17. The van der Waals surface area contributed by atoms with Crippen LogP contribution >= 0.6 is 11.6 Å². The van der Waals surface area contributed by atoms with Gasteiger partial charge in [0.2, 0.25) is 0 Å². The van der Waals surface area contributed by atoms with Crippen molar-refractivity contribution in [3.63, 3.8) is 0 Å². The second-order valence-electron chi connectivity index (χ2n) is 9.75. The summed E-state index contributed by atoms with van der Waals surface area (Å²) in [4.78, 5) is 3.85. The van der Waals surface area contributed by atoms with Crippen molar-refractivity contribution in [2.75, 3.05) is 13.1 Å². The summed E-state index contributed by atoms with van der Waals surface area (Å²) in [5.41, 5.74) is 3.28. The maximum atomic E-state index is 10.6. The van der Waals surface area contributed by atoms with Crippen LogP contribution in [0.1, 0.15) is 128 Å². The van der Waals surface area contributed by atoms with Crippen LogP contribution in [-0.2, 0) is 5.88 Å². The van der Waals surface area contributed by atoms with Crippen LogP contribution < -0.4 is 5.32 Å². The molecule has 0 bridgehead atoms. The van der Waals surface area contributed by atoms with E-state index in [9.17, 15) is 5.11 Å². The summed E-state index contributed by atoms with van der Waals surface area (Å²) in [6.07, 6.45) is 26.4. The lowest BCUT2D eigenvalue weighted by Gasteiger charge is -2.13. The summed E-state index contributed by atoms with van der Waals surface area (Å²) in [6, 6.07) is 8.17. The number of rotatable bonds is 19. The molecular formula is C32H53ClN2O. The number of aliphatic hydroxyl groups excluding tert-OH is 1. The van der Waals surface area contributed by atoms with Gasteiger partial charge in [-0.2, -0.15) is 0 Å². The first kappa shape index (κ1) is 32.3. The largest absolute Gasteiger partial charge is 0.512 e. The van der Waals surface area contributed by atoms with Crippen LogP contribution in [0, 0.1) is 0 Å². The molecule has 1 aliphatic rings. The minimum absolute atomic E-state index is 0.487. The highest BCUT2D eigenvalue weighted by Crippen LogP contribution is 2.28. The molecule has 1 aliphatic heterocycles. The van der Waals surface area contributed by atoms with Crippen molar-refractivity contribution >= 4 is 23.5 Å². The molecule has 0 fully saturated rings. The lowest BCUT2D eigenvalue weighted by Crippen LogP contribution is -2.04. The number of alkyl halides is 1. The van der Waals surface area contributed by atoms with E-state index >= 15 is 0 Å². The quantitative estimate of drug-likeness (QED) is 0.0830. The van der Waals surface area contributed by atoms with Crippen molar-refractivity contribution in [2.45, 2.75) is 122 Å². The Balaban J connectivity index is 0.00000115. The fourth-order valence-corrected chi connectivity index (χ4v) is 4.73. The van der Waals surface area contributed by atoms with E-state index in [0.717, 1.165) is 49.1 Å². The van der Waals surface area contributed by atoms with E-state index in [4.69, 9.17) is 11.6 Å².